The van der Waals surface area contributed by atoms with Gasteiger partial charge in [-0.3, -0.25) is 9.69 Å². The minimum absolute atomic E-state index is 0.0529. The maximum absolute atomic E-state index is 12.6. The molecule has 1 unspecified atom stereocenters. The van der Waals surface area contributed by atoms with E-state index in [9.17, 15) is 9.59 Å². The lowest BCUT2D eigenvalue weighted by Gasteiger charge is -2.37. The molecule has 1 heterocycles. The molecule has 5 nitrogen and oxygen atoms in total. The molecule has 0 bridgehead atoms. The van der Waals surface area contributed by atoms with Gasteiger partial charge in [0.15, 0.2) is 5.78 Å². The van der Waals surface area contributed by atoms with Gasteiger partial charge in [0, 0.05) is 5.56 Å². The lowest BCUT2D eigenvalue weighted by molar-refractivity contribution is 0.0530. The quantitative estimate of drug-likeness (QED) is 0.772. The Balaban J connectivity index is 2.42. The first-order valence-electron chi connectivity index (χ1n) is 7.90. The molecule has 0 fully saturated rings. The maximum Gasteiger partial charge on any atom is 0.415 e. The van der Waals surface area contributed by atoms with Crippen LogP contribution in [0.25, 0.3) is 0 Å². The minimum Gasteiger partial charge on any atom is -0.486 e. The molecule has 126 valence electrons. The Labute approximate surface area is 137 Å². The van der Waals surface area contributed by atoms with E-state index in [0.717, 1.165) is 0 Å². The summed E-state index contributed by atoms with van der Waals surface area (Å²) >= 11 is 0. The molecule has 0 spiro atoms. The Morgan fingerprint density at radius 2 is 1.96 bits per heavy atom. The van der Waals surface area contributed by atoms with E-state index in [2.05, 4.69) is 0 Å². The van der Waals surface area contributed by atoms with Gasteiger partial charge in [-0.1, -0.05) is 13.8 Å². The molecule has 0 saturated carbocycles. The van der Waals surface area contributed by atoms with Gasteiger partial charge in [0.25, 0.3) is 0 Å². The van der Waals surface area contributed by atoms with Crippen LogP contribution in [0.3, 0.4) is 0 Å². The third kappa shape index (κ3) is 4.03. The number of amides is 1. The molecule has 0 aliphatic carbocycles. The Kier molecular flexibility index (Phi) is 4.68. The molecule has 1 aliphatic rings. The molecule has 1 atom stereocenters. The average molecular weight is 319 g/mol. The fourth-order valence-corrected chi connectivity index (χ4v) is 2.36. The summed E-state index contributed by atoms with van der Waals surface area (Å²) in [4.78, 5) is 25.8. The molecular weight excluding hydrogens is 294 g/mol. The van der Waals surface area contributed by atoms with Gasteiger partial charge in [-0.05, 0) is 51.8 Å². The molecule has 0 saturated heterocycles. The topological polar surface area (TPSA) is 55.8 Å². The predicted molar refractivity (Wildman–Crippen MR) is 89.3 cm³/mol. The lowest BCUT2D eigenvalue weighted by Crippen LogP contribution is -2.47. The van der Waals surface area contributed by atoms with Crippen LogP contribution in [0.5, 0.6) is 5.75 Å². The second-order valence-electron chi connectivity index (χ2n) is 7.23. The van der Waals surface area contributed by atoms with E-state index in [1.165, 1.54) is 6.92 Å². The van der Waals surface area contributed by atoms with Gasteiger partial charge >= 0.3 is 6.09 Å². The molecular formula is C18H25NO4. The molecule has 0 aromatic heterocycles. The highest BCUT2D eigenvalue weighted by Gasteiger charge is 2.34. The summed E-state index contributed by atoms with van der Waals surface area (Å²) in [5, 5.41) is 0. The van der Waals surface area contributed by atoms with Gasteiger partial charge in [-0.25, -0.2) is 4.79 Å². The summed E-state index contributed by atoms with van der Waals surface area (Å²) in [6, 6.07) is 5.16. The van der Waals surface area contributed by atoms with Crippen LogP contribution in [0.2, 0.25) is 0 Å². The highest BCUT2D eigenvalue weighted by atomic mass is 16.6. The third-order valence-corrected chi connectivity index (χ3v) is 3.65. The van der Waals surface area contributed by atoms with E-state index in [0.29, 0.717) is 23.5 Å². The molecule has 23 heavy (non-hydrogen) atoms. The summed E-state index contributed by atoms with van der Waals surface area (Å²) < 4.78 is 11.5. The number of Topliss-reactive ketones (excluding diaryl/α,β-unsaturated/α-hetero) is 1. The molecule has 2 rings (SSSR count). The van der Waals surface area contributed by atoms with Gasteiger partial charge in [-0.15, -0.1) is 0 Å². The zero-order valence-corrected chi connectivity index (χ0v) is 14.7. The van der Waals surface area contributed by atoms with E-state index in [1.54, 1.807) is 23.1 Å². The predicted octanol–water partition coefficient (Wildman–Crippen LogP) is 4.05. The van der Waals surface area contributed by atoms with Crippen molar-refractivity contribution in [1.82, 2.24) is 0 Å². The monoisotopic (exact) mass is 319 g/mol. The van der Waals surface area contributed by atoms with Gasteiger partial charge < -0.3 is 9.47 Å². The van der Waals surface area contributed by atoms with Crippen LogP contribution < -0.4 is 9.64 Å². The van der Waals surface area contributed by atoms with E-state index < -0.39 is 11.7 Å². The molecule has 1 aromatic rings. The zero-order chi connectivity index (χ0) is 17.4. The van der Waals surface area contributed by atoms with Gasteiger partial charge in [0.05, 0.1) is 12.2 Å². The van der Waals surface area contributed by atoms with Crippen molar-refractivity contribution >= 4 is 17.6 Å². The van der Waals surface area contributed by atoms with Crippen molar-refractivity contribution in [2.75, 3.05) is 11.4 Å². The van der Waals surface area contributed by atoms with Gasteiger partial charge in [0.1, 0.15) is 17.5 Å². The highest BCUT2D eigenvalue weighted by molar-refractivity contribution is 5.98. The van der Waals surface area contributed by atoms with Crippen molar-refractivity contribution in [2.45, 2.75) is 53.2 Å². The summed E-state index contributed by atoms with van der Waals surface area (Å²) in [5.74, 6) is 0.800. The first-order valence-corrected chi connectivity index (χ1v) is 7.90. The Hall–Kier alpha value is -2.04. The van der Waals surface area contributed by atoms with Gasteiger partial charge in [-0.2, -0.15) is 0 Å². The van der Waals surface area contributed by atoms with E-state index in [1.807, 2.05) is 34.6 Å². The van der Waals surface area contributed by atoms with Crippen molar-refractivity contribution in [3.8, 4) is 5.75 Å². The number of ketones is 1. The molecule has 0 radical (unpaired) electrons. The second-order valence-corrected chi connectivity index (χ2v) is 7.23. The number of rotatable bonds is 2. The number of fused-ring (bicyclic) bond motifs is 1. The number of carbonyl (C=O) groups excluding carboxylic acids is 2. The summed E-state index contributed by atoms with van der Waals surface area (Å²) in [7, 11) is 0. The molecule has 5 heteroatoms. The fraction of sp³-hybridized carbons (Fsp3) is 0.556. The number of carbonyl (C=O) groups is 2. The fourth-order valence-electron chi connectivity index (χ4n) is 2.36. The van der Waals surface area contributed by atoms with Gasteiger partial charge in [0.2, 0.25) is 0 Å². The number of hydrogen-bond acceptors (Lipinski definition) is 4. The number of hydrogen-bond donors (Lipinski definition) is 0. The lowest BCUT2D eigenvalue weighted by atomic mass is 10.0. The number of benzene rings is 1. The highest BCUT2D eigenvalue weighted by Crippen LogP contribution is 2.36. The summed E-state index contributed by atoms with van der Waals surface area (Å²) in [6.45, 7) is 11.5. The Morgan fingerprint density at radius 3 is 2.48 bits per heavy atom. The number of nitrogens with zero attached hydrogens (tertiary/aromatic N) is 1. The standard InChI is InChI=1S/C18H25NO4/c1-11(2)16-10-19(17(21)23-18(4,5)6)14-9-13(12(3)20)7-8-15(14)22-16/h7-9,11,16H,10H2,1-6H3. The largest absolute Gasteiger partial charge is 0.486 e. The van der Waals surface area contributed by atoms with Crippen LogP contribution >= 0.6 is 0 Å². The number of ether oxygens (including phenoxy) is 2. The molecule has 1 aliphatic heterocycles. The third-order valence-electron chi connectivity index (χ3n) is 3.65. The normalized spacial score (nSPS) is 17.5. The van der Waals surface area contributed by atoms with Crippen molar-refractivity contribution in [1.29, 1.82) is 0 Å². The van der Waals surface area contributed by atoms with Crippen molar-refractivity contribution < 1.29 is 19.1 Å². The van der Waals surface area contributed by atoms with Crippen LogP contribution in [-0.4, -0.2) is 30.1 Å². The van der Waals surface area contributed by atoms with Crippen molar-refractivity contribution in [3.63, 3.8) is 0 Å². The molecule has 1 amide bonds. The van der Waals surface area contributed by atoms with Crippen LogP contribution in [-0.2, 0) is 4.74 Å². The van der Waals surface area contributed by atoms with E-state index in [4.69, 9.17) is 9.47 Å². The van der Waals surface area contributed by atoms with Crippen molar-refractivity contribution in [2.24, 2.45) is 5.92 Å². The van der Waals surface area contributed by atoms with Crippen LogP contribution in [0, 0.1) is 5.92 Å². The maximum atomic E-state index is 12.6. The first kappa shape index (κ1) is 17.3. The van der Waals surface area contributed by atoms with E-state index in [-0.39, 0.29) is 17.8 Å². The molecule has 1 aromatic carbocycles. The SMILES string of the molecule is CC(=O)c1ccc2c(c1)N(C(=O)OC(C)(C)C)CC(C(C)C)O2. The minimum atomic E-state index is -0.582. The van der Waals surface area contributed by atoms with Crippen LogP contribution in [0.15, 0.2) is 18.2 Å². The smallest absolute Gasteiger partial charge is 0.415 e. The first-order chi connectivity index (χ1) is 10.6. The van der Waals surface area contributed by atoms with Crippen molar-refractivity contribution in [3.05, 3.63) is 23.8 Å². The zero-order valence-electron chi connectivity index (χ0n) is 14.7. The van der Waals surface area contributed by atoms with E-state index >= 15 is 0 Å². The summed E-state index contributed by atoms with van der Waals surface area (Å²) in [6.07, 6.45) is -0.536. The summed E-state index contributed by atoms with van der Waals surface area (Å²) in [5.41, 5.74) is 0.550. The van der Waals surface area contributed by atoms with Crippen LogP contribution in [0.4, 0.5) is 10.5 Å². The Morgan fingerprint density at radius 1 is 1.30 bits per heavy atom. The molecule has 0 N–H and O–H groups in total. The Bertz CT molecular complexity index is 616. The van der Waals surface area contributed by atoms with Crippen LogP contribution in [0.1, 0.15) is 51.9 Å². The second kappa shape index (κ2) is 6.22. The number of anilines is 1. The average Bonchev–Trinajstić information content (AvgIpc) is 2.43.